The lowest BCUT2D eigenvalue weighted by Crippen LogP contribution is -2.44. The molecule has 31 heavy (non-hydrogen) atoms. The summed E-state index contributed by atoms with van der Waals surface area (Å²) in [5, 5.41) is 7.96. The first-order chi connectivity index (χ1) is 14.9. The lowest BCUT2D eigenvalue weighted by molar-refractivity contribution is -0.131. The molecule has 2 heterocycles. The van der Waals surface area contributed by atoms with Gasteiger partial charge in [0.25, 0.3) is 5.91 Å². The van der Waals surface area contributed by atoms with E-state index in [2.05, 4.69) is 48.7 Å². The molecule has 1 spiro atoms. The highest BCUT2D eigenvalue weighted by atomic mass is 32.1. The van der Waals surface area contributed by atoms with E-state index in [4.69, 9.17) is 0 Å². The summed E-state index contributed by atoms with van der Waals surface area (Å²) in [6.07, 6.45) is 3.35. The zero-order chi connectivity index (χ0) is 22.0. The second-order valence-corrected chi connectivity index (χ2v) is 9.74. The fourth-order valence-corrected chi connectivity index (χ4v) is 5.29. The van der Waals surface area contributed by atoms with Crippen LogP contribution in [0.1, 0.15) is 73.9 Å². The number of thiophene rings is 1. The van der Waals surface area contributed by atoms with Gasteiger partial charge in [-0.15, -0.1) is 11.3 Å². The van der Waals surface area contributed by atoms with E-state index in [1.807, 2.05) is 17.5 Å². The maximum Gasteiger partial charge on any atom is 0.325 e. The Morgan fingerprint density at radius 3 is 2.42 bits per heavy atom. The van der Waals surface area contributed by atoms with Crippen LogP contribution in [-0.2, 0) is 9.59 Å². The molecule has 6 nitrogen and oxygen atoms in total. The molecule has 0 bridgehead atoms. The molecule has 2 fully saturated rings. The summed E-state index contributed by atoms with van der Waals surface area (Å²) >= 11 is 1.59. The molecule has 0 radical (unpaired) electrons. The number of nitrogens with one attached hydrogen (secondary N) is 2. The fourth-order valence-electron chi connectivity index (χ4n) is 4.49. The van der Waals surface area contributed by atoms with Crippen molar-refractivity contribution in [1.82, 2.24) is 15.5 Å². The molecule has 2 aromatic rings. The first-order valence-electron chi connectivity index (χ1n) is 11.0. The number of rotatable bonds is 7. The molecule has 1 saturated carbocycles. The third-order valence-electron chi connectivity index (χ3n) is 6.33. The van der Waals surface area contributed by atoms with Crippen molar-refractivity contribution in [3.05, 3.63) is 57.8 Å². The zero-order valence-electron chi connectivity index (χ0n) is 18.0. The van der Waals surface area contributed by atoms with E-state index < -0.39 is 5.54 Å². The van der Waals surface area contributed by atoms with Crippen molar-refractivity contribution in [2.24, 2.45) is 0 Å². The topological polar surface area (TPSA) is 78.5 Å². The normalized spacial score (nSPS) is 18.6. The molecule has 1 aliphatic heterocycles. The molecule has 2 aliphatic rings. The Hall–Kier alpha value is -2.67. The van der Waals surface area contributed by atoms with Crippen LogP contribution < -0.4 is 10.6 Å². The molecule has 1 aromatic carbocycles. The summed E-state index contributed by atoms with van der Waals surface area (Å²) < 4.78 is 0. The van der Waals surface area contributed by atoms with Crippen LogP contribution in [0.4, 0.5) is 4.79 Å². The van der Waals surface area contributed by atoms with Gasteiger partial charge in [-0.25, -0.2) is 4.79 Å². The summed E-state index contributed by atoms with van der Waals surface area (Å²) in [4.78, 5) is 40.2. The number of benzene rings is 1. The van der Waals surface area contributed by atoms with Crippen LogP contribution in [0.2, 0.25) is 0 Å². The number of hydrogen-bond acceptors (Lipinski definition) is 4. The Kier molecular flexibility index (Phi) is 6.14. The predicted octanol–water partition coefficient (Wildman–Crippen LogP) is 4.33. The van der Waals surface area contributed by atoms with E-state index in [0.717, 1.165) is 23.3 Å². The van der Waals surface area contributed by atoms with Gasteiger partial charge < -0.3 is 10.6 Å². The third-order valence-corrected chi connectivity index (χ3v) is 7.27. The molecule has 1 aliphatic carbocycles. The number of imide groups is 1. The number of carbonyl (C=O) groups excluding carboxylic acids is 3. The number of amides is 4. The van der Waals surface area contributed by atoms with Crippen molar-refractivity contribution < 1.29 is 14.4 Å². The van der Waals surface area contributed by atoms with E-state index >= 15 is 0 Å². The van der Waals surface area contributed by atoms with Gasteiger partial charge in [0.1, 0.15) is 5.54 Å². The minimum Gasteiger partial charge on any atom is -0.344 e. The van der Waals surface area contributed by atoms with Gasteiger partial charge in [0.15, 0.2) is 0 Å². The minimum atomic E-state index is -0.731. The average molecular weight is 440 g/mol. The van der Waals surface area contributed by atoms with Crippen molar-refractivity contribution in [2.45, 2.75) is 63.5 Å². The lowest BCUT2D eigenvalue weighted by atomic mass is 9.98. The van der Waals surface area contributed by atoms with Gasteiger partial charge in [0.05, 0.1) is 6.04 Å². The molecule has 1 unspecified atom stereocenters. The minimum absolute atomic E-state index is 0.0845. The van der Waals surface area contributed by atoms with E-state index in [0.29, 0.717) is 18.8 Å². The zero-order valence-corrected chi connectivity index (χ0v) is 18.8. The number of carbonyl (C=O) groups is 3. The standard InChI is InChI=1S/C24H29N3O3S/c1-16(2)17-7-9-18(10-8-17)21(19-6-5-15-31-19)25-20(28)11-14-27-22(29)24(26-23(27)30)12-3-4-13-24/h5-10,15-16,21H,3-4,11-14H2,1-2H3,(H,25,28)(H,26,30). The number of hydrogen-bond donors (Lipinski definition) is 2. The van der Waals surface area contributed by atoms with Gasteiger partial charge in [-0.1, -0.05) is 57.0 Å². The second kappa shape index (κ2) is 8.83. The smallest absolute Gasteiger partial charge is 0.325 e. The molecule has 1 aromatic heterocycles. The van der Waals surface area contributed by atoms with Crippen LogP contribution in [0.25, 0.3) is 0 Å². The van der Waals surface area contributed by atoms with Crippen LogP contribution in [0.15, 0.2) is 41.8 Å². The predicted molar refractivity (Wildman–Crippen MR) is 121 cm³/mol. The van der Waals surface area contributed by atoms with Crippen molar-refractivity contribution in [3.63, 3.8) is 0 Å². The summed E-state index contributed by atoms with van der Waals surface area (Å²) in [6.45, 7) is 4.40. The molecule has 2 N–H and O–H groups in total. The SMILES string of the molecule is CC(C)c1ccc(C(NC(=O)CCN2C(=O)NC3(CCCC3)C2=O)c2cccs2)cc1. The van der Waals surface area contributed by atoms with Crippen LogP contribution in [0.3, 0.4) is 0 Å². The Labute approximate surface area is 187 Å². The monoisotopic (exact) mass is 439 g/mol. The molecule has 4 rings (SSSR count). The molecule has 4 amide bonds. The highest BCUT2D eigenvalue weighted by molar-refractivity contribution is 7.10. The van der Waals surface area contributed by atoms with E-state index in [-0.39, 0.29) is 36.9 Å². The van der Waals surface area contributed by atoms with Gasteiger partial charge in [-0.05, 0) is 41.3 Å². The molecule has 7 heteroatoms. The first-order valence-corrected chi connectivity index (χ1v) is 11.8. The van der Waals surface area contributed by atoms with Gasteiger partial charge in [0, 0.05) is 17.8 Å². The first kappa shape index (κ1) is 21.6. The van der Waals surface area contributed by atoms with Crippen LogP contribution in [0.5, 0.6) is 0 Å². The van der Waals surface area contributed by atoms with Crippen LogP contribution in [0, 0.1) is 0 Å². The Morgan fingerprint density at radius 1 is 1.13 bits per heavy atom. The van der Waals surface area contributed by atoms with Crippen LogP contribution >= 0.6 is 11.3 Å². The van der Waals surface area contributed by atoms with Crippen molar-refractivity contribution in [2.75, 3.05) is 6.54 Å². The molecular formula is C24H29N3O3S. The van der Waals surface area contributed by atoms with Gasteiger partial charge in [-0.2, -0.15) is 0 Å². The highest BCUT2D eigenvalue weighted by Gasteiger charge is 2.52. The molecule has 164 valence electrons. The largest absolute Gasteiger partial charge is 0.344 e. The van der Waals surface area contributed by atoms with E-state index in [1.165, 1.54) is 10.5 Å². The van der Waals surface area contributed by atoms with Gasteiger partial charge in [-0.3, -0.25) is 14.5 Å². The maximum absolute atomic E-state index is 12.8. The summed E-state index contributed by atoms with van der Waals surface area (Å²) in [5.41, 5.74) is 1.53. The van der Waals surface area contributed by atoms with Gasteiger partial charge in [0.2, 0.25) is 5.91 Å². The Bertz CT molecular complexity index is 947. The van der Waals surface area contributed by atoms with E-state index in [1.54, 1.807) is 11.3 Å². The fraction of sp³-hybridized carbons (Fsp3) is 0.458. The van der Waals surface area contributed by atoms with Crippen molar-refractivity contribution >= 4 is 29.2 Å². The molecular weight excluding hydrogens is 410 g/mol. The van der Waals surface area contributed by atoms with Gasteiger partial charge >= 0.3 is 6.03 Å². The Balaban J connectivity index is 1.42. The van der Waals surface area contributed by atoms with Crippen molar-refractivity contribution in [3.8, 4) is 0 Å². The quantitative estimate of drug-likeness (QED) is 0.630. The van der Waals surface area contributed by atoms with Crippen LogP contribution in [-0.4, -0.2) is 34.8 Å². The summed E-state index contributed by atoms with van der Waals surface area (Å²) in [5.74, 6) is 0.0809. The lowest BCUT2D eigenvalue weighted by Gasteiger charge is -2.21. The number of nitrogens with zero attached hydrogens (tertiary/aromatic N) is 1. The third kappa shape index (κ3) is 4.37. The average Bonchev–Trinajstić information content (AvgIpc) is 3.49. The van der Waals surface area contributed by atoms with E-state index in [9.17, 15) is 14.4 Å². The molecule has 1 saturated heterocycles. The highest BCUT2D eigenvalue weighted by Crippen LogP contribution is 2.35. The molecule has 1 atom stereocenters. The second-order valence-electron chi connectivity index (χ2n) is 8.76. The maximum atomic E-state index is 12.8. The Morgan fingerprint density at radius 2 is 1.81 bits per heavy atom. The summed E-state index contributed by atoms with van der Waals surface area (Å²) in [7, 11) is 0. The number of urea groups is 1. The summed E-state index contributed by atoms with van der Waals surface area (Å²) in [6, 6.07) is 11.7. The van der Waals surface area contributed by atoms with Crippen molar-refractivity contribution in [1.29, 1.82) is 0 Å².